The van der Waals surface area contributed by atoms with Crippen LogP contribution in [-0.2, 0) is 4.79 Å². The van der Waals surface area contributed by atoms with Gasteiger partial charge in [-0.25, -0.2) is 0 Å². The standard InChI is InChI=1S/C13H27N3O/c1-4-11-10-16(7-5-12(11)9-14)8-6-13(17)15(2)3/h11-12H,4-10,14H2,1-3H3. The Balaban J connectivity index is 2.34. The summed E-state index contributed by atoms with van der Waals surface area (Å²) >= 11 is 0. The molecule has 1 aliphatic heterocycles. The average molecular weight is 241 g/mol. The molecule has 2 unspecified atom stereocenters. The van der Waals surface area contributed by atoms with Crippen LogP contribution in [0.15, 0.2) is 0 Å². The number of nitrogens with zero attached hydrogens (tertiary/aromatic N) is 2. The lowest BCUT2D eigenvalue weighted by Crippen LogP contribution is -2.43. The van der Waals surface area contributed by atoms with Crippen LogP contribution in [-0.4, -0.2) is 56.0 Å². The van der Waals surface area contributed by atoms with Gasteiger partial charge in [-0.2, -0.15) is 0 Å². The van der Waals surface area contributed by atoms with Crippen molar-refractivity contribution >= 4 is 5.91 Å². The molecule has 1 amide bonds. The number of amides is 1. The molecule has 4 nitrogen and oxygen atoms in total. The van der Waals surface area contributed by atoms with Crippen molar-refractivity contribution in [3.05, 3.63) is 0 Å². The number of carbonyl (C=O) groups is 1. The Morgan fingerprint density at radius 3 is 2.65 bits per heavy atom. The van der Waals surface area contributed by atoms with Crippen molar-refractivity contribution in [2.75, 3.05) is 40.3 Å². The van der Waals surface area contributed by atoms with Crippen molar-refractivity contribution in [2.45, 2.75) is 26.2 Å². The minimum Gasteiger partial charge on any atom is -0.349 e. The lowest BCUT2D eigenvalue weighted by molar-refractivity contribution is -0.129. The SMILES string of the molecule is CCC1CN(CCC(=O)N(C)C)CCC1CN. The highest BCUT2D eigenvalue weighted by molar-refractivity contribution is 5.75. The van der Waals surface area contributed by atoms with Gasteiger partial charge in [0.1, 0.15) is 0 Å². The first-order valence-electron chi connectivity index (χ1n) is 6.71. The summed E-state index contributed by atoms with van der Waals surface area (Å²) in [5.74, 6) is 1.61. The summed E-state index contributed by atoms with van der Waals surface area (Å²) < 4.78 is 0. The molecule has 17 heavy (non-hydrogen) atoms. The lowest BCUT2D eigenvalue weighted by atomic mass is 9.84. The zero-order chi connectivity index (χ0) is 12.8. The van der Waals surface area contributed by atoms with Gasteiger partial charge in [-0.1, -0.05) is 13.3 Å². The molecule has 4 heteroatoms. The first-order chi connectivity index (χ1) is 8.08. The van der Waals surface area contributed by atoms with Crippen LogP contribution >= 0.6 is 0 Å². The van der Waals surface area contributed by atoms with E-state index in [1.54, 1.807) is 4.90 Å². The maximum atomic E-state index is 11.5. The maximum absolute atomic E-state index is 11.5. The van der Waals surface area contributed by atoms with E-state index < -0.39 is 0 Å². The first-order valence-corrected chi connectivity index (χ1v) is 6.71. The lowest BCUT2D eigenvalue weighted by Gasteiger charge is -2.37. The first kappa shape index (κ1) is 14.5. The maximum Gasteiger partial charge on any atom is 0.223 e. The Hall–Kier alpha value is -0.610. The third-order valence-electron chi connectivity index (χ3n) is 3.94. The number of nitrogens with two attached hydrogens (primary N) is 1. The van der Waals surface area contributed by atoms with Gasteiger partial charge in [0.25, 0.3) is 0 Å². The third kappa shape index (κ3) is 4.28. The van der Waals surface area contributed by atoms with Crippen LogP contribution in [0.2, 0.25) is 0 Å². The molecule has 0 aromatic rings. The van der Waals surface area contributed by atoms with Gasteiger partial charge in [0.15, 0.2) is 0 Å². The summed E-state index contributed by atoms with van der Waals surface area (Å²) in [6.07, 6.45) is 3.02. The summed E-state index contributed by atoms with van der Waals surface area (Å²) in [6.45, 7) is 6.15. The van der Waals surface area contributed by atoms with Crippen molar-refractivity contribution in [3.63, 3.8) is 0 Å². The monoisotopic (exact) mass is 241 g/mol. The molecule has 1 fully saturated rings. The fourth-order valence-electron chi connectivity index (χ4n) is 2.61. The Morgan fingerprint density at radius 1 is 1.41 bits per heavy atom. The molecule has 0 spiro atoms. The van der Waals surface area contributed by atoms with Gasteiger partial charge in [0, 0.05) is 33.6 Å². The zero-order valence-electron chi connectivity index (χ0n) is 11.5. The molecule has 0 radical (unpaired) electrons. The smallest absolute Gasteiger partial charge is 0.223 e. The van der Waals surface area contributed by atoms with E-state index in [4.69, 9.17) is 5.73 Å². The van der Waals surface area contributed by atoms with Gasteiger partial charge >= 0.3 is 0 Å². The van der Waals surface area contributed by atoms with Crippen LogP contribution < -0.4 is 5.73 Å². The van der Waals surface area contributed by atoms with Crippen molar-refractivity contribution in [1.29, 1.82) is 0 Å². The summed E-state index contributed by atoms with van der Waals surface area (Å²) in [4.78, 5) is 15.6. The Bertz CT molecular complexity index is 243. The molecule has 1 rings (SSSR count). The topological polar surface area (TPSA) is 49.6 Å². The van der Waals surface area contributed by atoms with E-state index in [-0.39, 0.29) is 5.91 Å². The molecule has 0 aromatic carbocycles. The van der Waals surface area contributed by atoms with Crippen LogP contribution in [0, 0.1) is 11.8 Å². The molecular formula is C13H27N3O. The largest absolute Gasteiger partial charge is 0.349 e. The molecule has 100 valence electrons. The van der Waals surface area contributed by atoms with E-state index >= 15 is 0 Å². The van der Waals surface area contributed by atoms with E-state index in [2.05, 4.69) is 11.8 Å². The molecule has 2 atom stereocenters. The second-order valence-corrected chi connectivity index (χ2v) is 5.29. The van der Waals surface area contributed by atoms with E-state index in [1.807, 2.05) is 14.1 Å². The predicted octanol–water partition coefficient (Wildman–Crippen LogP) is 0.772. The molecular weight excluding hydrogens is 214 g/mol. The number of likely N-dealkylation sites (tertiary alicyclic amines) is 1. The summed E-state index contributed by atoms with van der Waals surface area (Å²) in [6, 6.07) is 0. The molecule has 0 bridgehead atoms. The Labute approximate surface area is 105 Å². The Kier molecular flexibility index (Phi) is 5.92. The molecule has 0 aliphatic carbocycles. The molecule has 2 N–H and O–H groups in total. The Morgan fingerprint density at radius 2 is 2.12 bits per heavy atom. The van der Waals surface area contributed by atoms with E-state index in [0.717, 1.165) is 26.2 Å². The summed E-state index contributed by atoms with van der Waals surface area (Å²) in [5, 5.41) is 0. The molecule has 0 saturated carbocycles. The quantitative estimate of drug-likeness (QED) is 0.773. The van der Waals surface area contributed by atoms with Gasteiger partial charge in [0.2, 0.25) is 5.91 Å². The van der Waals surface area contributed by atoms with Crippen LogP contribution in [0.1, 0.15) is 26.2 Å². The molecule has 1 aliphatic rings. The summed E-state index contributed by atoms with van der Waals surface area (Å²) in [7, 11) is 3.63. The van der Waals surface area contributed by atoms with Gasteiger partial charge in [-0.05, 0) is 31.3 Å². The van der Waals surface area contributed by atoms with Crippen LogP contribution in [0.4, 0.5) is 0 Å². The van der Waals surface area contributed by atoms with E-state index in [1.165, 1.54) is 12.8 Å². The van der Waals surface area contributed by atoms with Crippen molar-refractivity contribution < 1.29 is 4.79 Å². The van der Waals surface area contributed by atoms with E-state index in [9.17, 15) is 4.79 Å². The average Bonchev–Trinajstić information content (AvgIpc) is 2.35. The fourth-order valence-corrected chi connectivity index (χ4v) is 2.61. The van der Waals surface area contributed by atoms with Crippen molar-refractivity contribution in [2.24, 2.45) is 17.6 Å². The number of hydrogen-bond acceptors (Lipinski definition) is 3. The second kappa shape index (κ2) is 6.97. The van der Waals surface area contributed by atoms with Crippen LogP contribution in [0.5, 0.6) is 0 Å². The van der Waals surface area contributed by atoms with E-state index in [0.29, 0.717) is 18.3 Å². The number of piperidine rings is 1. The number of hydrogen-bond donors (Lipinski definition) is 1. The minimum absolute atomic E-state index is 0.221. The zero-order valence-corrected chi connectivity index (χ0v) is 11.5. The van der Waals surface area contributed by atoms with Gasteiger partial charge in [-0.3, -0.25) is 4.79 Å². The summed E-state index contributed by atoms with van der Waals surface area (Å²) in [5.41, 5.74) is 5.80. The molecule has 0 aromatic heterocycles. The molecule has 1 saturated heterocycles. The van der Waals surface area contributed by atoms with Gasteiger partial charge in [-0.15, -0.1) is 0 Å². The van der Waals surface area contributed by atoms with Crippen molar-refractivity contribution in [3.8, 4) is 0 Å². The number of rotatable bonds is 5. The van der Waals surface area contributed by atoms with Crippen molar-refractivity contribution in [1.82, 2.24) is 9.80 Å². The third-order valence-corrected chi connectivity index (χ3v) is 3.94. The van der Waals surface area contributed by atoms with Crippen LogP contribution in [0.25, 0.3) is 0 Å². The normalized spacial score (nSPS) is 25.9. The molecule has 1 heterocycles. The fraction of sp³-hybridized carbons (Fsp3) is 0.923. The van der Waals surface area contributed by atoms with Gasteiger partial charge < -0.3 is 15.5 Å². The highest BCUT2D eigenvalue weighted by atomic mass is 16.2. The van der Waals surface area contributed by atoms with Gasteiger partial charge in [0.05, 0.1) is 0 Å². The number of carbonyl (C=O) groups excluding carboxylic acids is 1. The minimum atomic E-state index is 0.221. The predicted molar refractivity (Wildman–Crippen MR) is 70.7 cm³/mol. The highest BCUT2D eigenvalue weighted by Crippen LogP contribution is 2.25. The highest BCUT2D eigenvalue weighted by Gasteiger charge is 2.26. The second-order valence-electron chi connectivity index (χ2n) is 5.29. The van der Waals surface area contributed by atoms with Crippen LogP contribution in [0.3, 0.4) is 0 Å².